The third-order valence-corrected chi connectivity index (χ3v) is 2.16. The summed E-state index contributed by atoms with van der Waals surface area (Å²) in [6, 6.07) is 0. The number of nitrogens with one attached hydrogen (secondary N) is 1. The Kier molecular flexibility index (Phi) is 21.4. The molecule has 0 aliphatic rings. The monoisotopic (exact) mass is 167 g/mol. The molecule has 11 heavy (non-hydrogen) atoms. The van der Waals surface area contributed by atoms with Crippen molar-refractivity contribution in [2.24, 2.45) is 0 Å². The summed E-state index contributed by atoms with van der Waals surface area (Å²) in [5.74, 6) is 0. The van der Waals surface area contributed by atoms with Crippen molar-refractivity contribution >= 4 is 34.6 Å². The van der Waals surface area contributed by atoms with Crippen LogP contribution < -0.4 is 5.16 Å². The van der Waals surface area contributed by atoms with Crippen molar-refractivity contribution in [1.82, 2.24) is 0 Å². The first-order valence-corrected chi connectivity index (χ1v) is 5.89. The van der Waals surface area contributed by atoms with Crippen molar-refractivity contribution in [2.75, 3.05) is 0 Å². The van der Waals surface area contributed by atoms with Crippen LogP contribution in [0.3, 0.4) is 0 Å². The topological polar surface area (TPSA) is 37.0 Å². The van der Waals surface area contributed by atoms with E-state index < -0.39 is 0 Å². The molecule has 62 valence electrons. The minimum absolute atomic E-state index is 1.25. The molecule has 0 saturated carbocycles. The SMILES string of the molecule is C=[NH+][O-].CCCCCC[CH2][Na]. The van der Waals surface area contributed by atoms with E-state index in [2.05, 4.69) is 13.6 Å². The summed E-state index contributed by atoms with van der Waals surface area (Å²) < 4.78 is 1.50. The van der Waals surface area contributed by atoms with Crippen LogP contribution in [0.5, 0.6) is 0 Å². The number of rotatable bonds is 5. The number of unbranched alkanes of at least 4 members (excludes halogenated alkanes) is 4. The molecular formula is C8H18NNaO. The molecule has 3 heteroatoms. The third-order valence-electron chi connectivity index (χ3n) is 1.46. The van der Waals surface area contributed by atoms with Crippen molar-refractivity contribution in [3.63, 3.8) is 0 Å². The zero-order valence-corrected chi connectivity index (χ0v) is 9.86. The minimum atomic E-state index is 1.25. The van der Waals surface area contributed by atoms with E-state index in [9.17, 15) is 0 Å². The molecule has 0 aromatic rings. The third kappa shape index (κ3) is 25.1. The average Bonchev–Trinajstić information content (AvgIpc) is 2.00. The van der Waals surface area contributed by atoms with Crippen LogP contribution in [0, 0.1) is 5.21 Å². The zero-order valence-electron chi connectivity index (χ0n) is 7.86. The van der Waals surface area contributed by atoms with Gasteiger partial charge in [0, 0.05) is 0 Å². The van der Waals surface area contributed by atoms with E-state index in [0.717, 1.165) is 0 Å². The molecule has 0 amide bonds. The van der Waals surface area contributed by atoms with Crippen molar-refractivity contribution in [1.29, 1.82) is 0 Å². The van der Waals surface area contributed by atoms with Crippen molar-refractivity contribution in [3.05, 3.63) is 5.21 Å². The Morgan fingerprint density at radius 3 is 2.09 bits per heavy atom. The van der Waals surface area contributed by atoms with Crippen molar-refractivity contribution in [3.8, 4) is 0 Å². The summed E-state index contributed by atoms with van der Waals surface area (Å²) in [4.78, 5) is 0. The van der Waals surface area contributed by atoms with Gasteiger partial charge in [0.05, 0.1) is 0 Å². The Bertz CT molecular complexity index is 63.1. The molecule has 0 unspecified atom stereocenters. The Labute approximate surface area is 87.5 Å². The van der Waals surface area contributed by atoms with Gasteiger partial charge in [0.1, 0.15) is 6.72 Å². The Hall–Kier alpha value is 0.470. The maximum absolute atomic E-state index is 8.57. The summed E-state index contributed by atoms with van der Waals surface area (Å²) in [6.45, 7) is 4.95. The van der Waals surface area contributed by atoms with Gasteiger partial charge in [-0.15, -0.1) is 0 Å². The fourth-order valence-electron chi connectivity index (χ4n) is 0.854. The molecule has 0 fully saturated rings. The number of hydrogen-bond acceptors (Lipinski definition) is 1. The van der Waals surface area contributed by atoms with E-state index in [0.29, 0.717) is 0 Å². The Morgan fingerprint density at radius 2 is 1.73 bits per heavy atom. The zero-order chi connectivity index (χ0) is 8.95. The van der Waals surface area contributed by atoms with E-state index in [-0.39, 0.29) is 0 Å². The normalized spacial score (nSPS) is 8.27. The van der Waals surface area contributed by atoms with Crippen LogP contribution in [0.1, 0.15) is 39.0 Å². The molecule has 0 aromatic heterocycles. The summed E-state index contributed by atoms with van der Waals surface area (Å²) in [5.41, 5.74) is 0. The number of hydrogen-bond donors (Lipinski definition) is 1. The Balaban J connectivity index is 0. The van der Waals surface area contributed by atoms with Gasteiger partial charge in [0.15, 0.2) is 0 Å². The van der Waals surface area contributed by atoms with Gasteiger partial charge in [-0.05, 0) is 0 Å². The van der Waals surface area contributed by atoms with E-state index in [1.807, 2.05) is 0 Å². The first kappa shape index (κ1) is 14.0. The summed E-state index contributed by atoms with van der Waals surface area (Å²) in [6.07, 6.45) is 7.27. The van der Waals surface area contributed by atoms with Crippen molar-refractivity contribution in [2.45, 2.75) is 42.7 Å². The molecular weight excluding hydrogens is 149 g/mol. The second kappa shape index (κ2) is 16.8. The first-order chi connectivity index (χ1) is 5.33. The van der Waals surface area contributed by atoms with E-state index in [1.54, 1.807) is 0 Å². The van der Waals surface area contributed by atoms with Crippen LogP contribution in [0.4, 0.5) is 0 Å². The van der Waals surface area contributed by atoms with Gasteiger partial charge in [-0.2, -0.15) is 0 Å². The predicted molar refractivity (Wildman–Crippen MR) is 50.8 cm³/mol. The molecule has 0 atom stereocenters. The van der Waals surface area contributed by atoms with Crippen LogP contribution in [0.2, 0.25) is 3.67 Å². The Morgan fingerprint density at radius 1 is 1.27 bits per heavy atom. The summed E-state index contributed by atoms with van der Waals surface area (Å²) >= 11 is 1.41. The van der Waals surface area contributed by atoms with Gasteiger partial charge >= 0.3 is 70.6 Å². The average molecular weight is 167 g/mol. The van der Waals surface area contributed by atoms with Crippen LogP contribution in [-0.2, 0) is 0 Å². The second-order valence-electron chi connectivity index (χ2n) is 2.56. The van der Waals surface area contributed by atoms with Gasteiger partial charge < -0.3 is 5.21 Å². The van der Waals surface area contributed by atoms with Crippen LogP contribution in [0.15, 0.2) is 0 Å². The molecule has 0 heterocycles. The molecule has 0 aliphatic heterocycles. The quantitative estimate of drug-likeness (QED) is 0.212. The van der Waals surface area contributed by atoms with Crippen molar-refractivity contribution < 1.29 is 5.16 Å². The summed E-state index contributed by atoms with van der Waals surface area (Å²) in [5, 5.41) is 9.82. The molecule has 0 rings (SSSR count). The fourth-order valence-corrected chi connectivity index (χ4v) is 1.35. The predicted octanol–water partition coefficient (Wildman–Crippen LogP) is 0.809. The second-order valence-corrected chi connectivity index (χ2v) is 3.56. The first-order valence-electron chi connectivity index (χ1n) is 4.47. The molecule has 2 nitrogen and oxygen atoms in total. The van der Waals surface area contributed by atoms with Crippen LogP contribution >= 0.6 is 0 Å². The summed E-state index contributed by atoms with van der Waals surface area (Å²) in [7, 11) is 0. The van der Waals surface area contributed by atoms with Crippen LogP contribution in [0.25, 0.3) is 0 Å². The standard InChI is InChI=1S/C7H15.CH3NO.Na/c1-3-5-7-6-4-2;1-2-3;/h1,3-7H2,2H3;2H,1H2;. The molecule has 0 radical (unpaired) electrons. The maximum atomic E-state index is 8.57. The van der Waals surface area contributed by atoms with E-state index >= 15 is 0 Å². The van der Waals surface area contributed by atoms with E-state index in [1.165, 1.54) is 68.9 Å². The molecule has 0 aromatic carbocycles. The van der Waals surface area contributed by atoms with Gasteiger partial charge in [-0.3, -0.25) is 0 Å². The van der Waals surface area contributed by atoms with Gasteiger partial charge in [0.25, 0.3) is 0 Å². The molecule has 1 N–H and O–H groups in total. The van der Waals surface area contributed by atoms with Gasteiger partial charge in [-0.25, -0.2) is 5.16 Å². The molecule has 0 aliphatic carbocycles. The van der Waals surface area contributed by atoms with Gasteiger partial charge in [0.2, 0.25) is 0 Å². The van der Waals surface area contributed by atoms with E-state index in [4.69, 9.17) is 5.21 Å². The molecule has 0 spiro atoms. The fraction of sp³-hybridized carbons (Fsp3) is 0.875. The van der Waals surface area contributed by atoms with Gasteiger partial charge in [-0.1, -0.05) is 0 Å². The van der Waals surface area contributed by atoms with Crippen LogP contribution in [-0.4, -0.2) is 34.6 Å². The molecule has 0 bridgehead atoms. The molecule has 0 saturated heterocycles.